The van der Waals surface area contributed by atoms with Crippen LogP contribution in [0.1, 0.15) is 129 Å². The summed E-state index contributed by atoms with van der Waals surface area (Å²) in [4.78, 5) is 0. The van der Waals surface area contributed by atoms with Gasteiger partial charge in [-0.15, -0.1) is 0 Å². The number of rotatable bonds is 8. The molecule has 0 bridgehead atoms. The molecule has 0 aliphatic carbocycles. The van der Waals surface area contributed by atoms with Gasteiger partial charge in [0.1, 0.15) is 11.4 Å². The summed E-state index contributed by atoms with van der Waals surface area (Å²) < 4.78 is 6.91. The summed E-state index contributed by atoms with van der Waals surface area (Å²) in [7, 11) is 0. The molecule has 0 aromatic heterocycles. The van der Waals surface area contributed by atoms with Crippen molar-refractivity contribution in [1.82, 2.24) is 0 Å². The van der Waals surface area contributed by atoms with Crippen molar-refractivity contribution in [1.29, 1.82) is 0 Å². The van der Waals surface area contributed by atoms with Gasteiger partial charge in [-0.1, -0.05) is 81.1 Å². The molecule has 0 radical (unpaired) electrons. The van der Waals surface area contributed by atoms with Crippen LogP contribution < -0.4 is 4.74 Å². The van der Waals surface area contributed by atoms with E-state index in [1.807, 2.05) is 0 Å². The Kier molecular flexibility index (Phi) is 7.32. The number of hydrogen-bond acceptors (Lipinski definition) is 1. The minimum atomic E-state index is 0.0234. The molecule has 0 N–H and O–H groups in total. The van der Waals surface area contributed by atoms with Crippen molar-refractivity contribution in [3.63, 3.8) is 0 Å². The van der Waals surface area contributed by atoms with Crippen LogP contribution in [0.3, 0.4) is 0 Å². The first kappa shape index (κ1) is 23.3. The fourth-order valence-electron chi connectivity index (χ4n) is 5.26. The minimum Gasteiger partial charge on any atom is -0.487 e. The third-order valence-corrected chi connectivity index (χ3v) is 6.51. The van der Waals surface area contributed by atoms with E-state index in [0.29, 0.717) is 0 Å². The Bertz CT molecular complexity index is 644. The van der Waals surface area contributed by atoms with E-state index in [1.165, 1.54) is 73.8 Å². The van der Waals surface area contributed by atoms with Gasteiger partial charge in [0.05, 0.1) is 0 Å². The number of fused-ring (bicyclic) bond motifs is 1. The molecule has 1 heteroatoms. The van der Waals surface area contributed by atoms with Crippen LogP contribution in [0, 0.1) is 6.92 Å². The van der Waals surface area contributed by atoms with Crippen LogP contribution in [-0.4, -0.2) is 5.60 Å². The molecule has 1 aliphatic heterocycles. The molecular formula is C27H46O. The molecule has 1 aromatic carbocycles. The van der Waals surface area contributed by atoms with E-state index in [-0.39, 0.29) is 16.4 Å². The lowest BCUT2D eigenvalue weighted by molar-refractivity contribution is 0.0686. The summed E-state index contributed by atoms with van der Waals surface area (Å²) in [6.07, 6.45) is 11.3. The maximum Gasteiger partial charge on any atom is 0.124 e. The maximum absolute atomic E-state index is 6.91. The Hall–Kier alpha value is -0.980. The molecule has 0 atom stereocenters. The number of ether oxygens (including phenoxy) is 1. The molecule has 0 saturated heterocycles. The molecule has 1 aromatic rings. The summed E-state index contributed by atoms with van der Waals surface area (Å²) in [6.45, 7) is 21.0. The molecule has 1 aliphatic rings. The summed E-state index contributed by atoms with van der Waals surface area (Å²) >= 11 is 0. The van der Waals surface area contributed by atoms with E-state index >= 15 is 0 Å². The highest BCUT2D eigenvalue weighted by atomic mass is 16.5. The number of unbranched alkanes of at least 4 members (excludes halogenated alkanes) is 4. The lowest BCUT2D eigenvalue weighted by Gasteiger charge is -2.30. The van der Waals surface area contributed by atoms with Gasteiger partial charge in [0.25, 0.3) is 0 Å². The van der Waals surface area contributed by atoms with E-state index in [9.17, 15) is 0 Å². The van der Waals surface area contributed by atoms with E-state index in [0.717, 1.165) is 6.42 Å². The predicted octanol–water partition coefficient (Wildman–Crippen LogP) is 8.42. The molecule has 2 rings (SSSR count). The normalized spacial score (nSPS) is 16.2. The summed E-state index contributed by atoms with van der Waals surface area (Å²) in [5.74, 6) is 1.19. The van der Waals surface area contributed by atoms with Crippen LogP contribution in [-0.2, 0) is 17.3 Å². The second kappa shape index (κ2) is 8.80. The molecular weight excluding hydrogens is 340 g/mol. The zero-order valence-corrected chi connectivity index (χ0v) is 20.3. The van der Waals surface area contributed by atoms with Crippen LogP contribution in [0.4, 0.5) is 0 Å². The Balaban J connectivity index is 2.50. The van der Waals surface area contributed by atoms with Crippen LogP contribution >= 0.6 is 0 Å². The molecule has 1 heterocycles. The van der Waals surface area contributed by atoms with E-state index in [2.05, 4.69) is 68.4 Å². The highest BCUT2D eigenvalue weighted by Gasteiger charge is 2.42. The van der Waals surface area contributed by atoms with Crippen LogP contribution in [0.2, 0.25) is 0 Å². The topological polar surface area (TPSA) is 9.23 Å². The number of benzene rings is 1. The van der Waals surface area contributed by atoms with Crippen molar-refractivity contribution in [3.05, 3.63) is 28.3 Å². The van der Waals surface area contributed by atoms with Crippen molar-refractivity contribution >= 4 is 0 Å². The van der Waals surface area contributed by atoms with Gasteiger partial charge < -0.3 is 4.74 Å². The molecule has 0 unspecified atom stereocenters. The third-order valence-electron chi connectivity index (χ3n) is 6.51. The van der Waals surface area contributed by atoms with Gasteiger partial charge in [0.2, 0.25) is 0 Å². The van der Waals surface area contributed by atoms with Crippen LogP contribution in [0.5, 0.6) is 5.75 Å². The minimum absolute atomic E-state index is 0.0234. The van der Waals surface area contributed by atoms with E-state index in [4.69, 9.17) is 4.74 Å². The van der Waals surface area contributed by atoms with Gasteiger partial charge in [0, 0.05) is 12.0 Å². The Morgan fingerprint density at radius 3 is 1.82 bits per heavy atom. The highest BCUT2D eigenvalue weighted by Crippen LogP contribution is 2.48. The first-order chi connectivity index (χ1) is 12.9. The zero-order valence-electron chi connectivity index (χ0n) is 20.3. The quantitative estimate of drug-likeness (QED) is 0.407. The molecule has 0 fully saturated rings. The molecule has 1 nitrogen and oxygen atoms in total. The monoisotopic (exact) mass is 386 g/mol. The summed E-state index contributed by atoms with van der Waals surface area (Å²) in [6, 6.07) is 2.39. The lowest BCUT2D eigenvalue weighted by Crippen LogP contribution is -2.34. The third kappa shape index (κ3) is 5.14. The molecule has 0 spiro atoms. The van der Waals surface area contributed by atoms with Crippen molar-refractivity contribution in [2.75, 3.05) is 0 Å². The smallest absolute Gasteiger partial charge is 0.124 e. The highest BCUT2D eigenvalue weighted by molar-refractivity contribution is 5.56. The maximum atomic E-state index is 6.91. The van der Waals surface area contributed by atoms with Crippen molar-refractivity contribution in [2.45, 2.75) is 137 Å². The number of hydrogen-bond donors (Lipinski definition) is 0. The second-order valence-electron chi connectivity index (χ2n) is 11.3. The Labute approximate surface area is 175 Å². The molecule has 0 saturated carbocycles. The first-order valence-corrected chi connectivity index (χ1v) is 11.8. The van der Waals surface area contributed by atoms with Crippen molar-refractivity contribution < 1.29 is 4.74 Å². The fourth-order valence-corrected chi connectivity index (χ4v) is 5.26. The molecule has 0 amide bonds. The van der Waals surface area contributed by atoms with E-state index < -0.39 is 0 Å². The lowest BCUT2D eigenvalue weighted by atomic mass is 9.73. The predicted molar refractivity (Wildman–Crippen MR) is 124 cm³/mol. The second-order valence-corrected chi connectivity index (χ2v) is 11.3. The van der Waals surface area contributed by atoms with Crippen LogP contribution in [0.15, 0.2) is 6.07 Å². The first-order valence-electron chi connectivity index (χ1n) is 11.8. The van der Waals surface area contributed by atoms with Gasteiger partial charge >= 0.3 is 0 Å². The Morgan fingerprint density at radius 1 is 0.857 bits per heavy atom. The molecule has 28 heavy (non-hydrogen) atoms. The standard InChI is InChI=1S/C27H46O/c1-10-12-14-16-27(17-15-13-11-2)19-21-23(28-27)18-22(25(4,5)6)20(3)24(21)26(7,8)9/h18H,10-17,19H2,1-9H3. The Morgan fingerprint density at radius 2 is 1.39 bits per heavy atom. The van der Waals surface area contributed by atoms with Gasteiger partial charge in [0.15, 0.2) is 0 Å². The van der Waals surface area contributed by atoms with Gasteiger partial charge in [-0.05, 0) is 66.2 Å². The van der Waals surface area contributed by atoms with Gasteiger partial charge in [-0.2, -0.15) is 0 Å². The average molecular weight is 387 g/mol. The average Bonchev–Trinajstić information content (AvgIpc) is 2.90. The molecule has 160 valence electrons. The fraction of sp³-hybridized carbons (Fsp3) is 0.778. The van der Waals surface area contributed by atoms with Gasteiger partial charge in [-0.25, -0.2) is 0 Å². The summed E-state index contributed by atoms with van der Waals surface area (Å²) in [5.41, 5.74) is 6.29. The van der Waals surface area contributed by atoms with E-state index in [1.54, 1.807) is 5.56 Å². The largest absolute Gasteiger partial charge is 0.487 e. The van der Waals surface area contributed by atoms with Gasteiger partial charge in [-0.3, -0.25) is 0 Å². The SMILES string of the molecule is CCCCCC1(CCCCC)Cc2c(cc(C(C)(C)C)c(C)c2C(C)(C)C)O1. The van der Waals surface area contributed by atoms with Crippen molar-refractivity contribution in [2.24, 2.45) is 0 Å². The van der Waals surface area contributed by atoms with Crippen molar-refractivity contribution in [3.8, 4) is 5.75 Å². The zero-order chi connectivity index (χ0) is 21.2. The summed E-state index contributed by atoms with van der Waals surface area (Å²) in [5, 5.41) is 0. The van der Waals surface area contributed by atoms with Crippen LogP contribution in [0.25, 0.3) is 0 Å².